The van der Waals surface area contributed by atoms with Gasteiger partial charge in [-0.15, -0.1) is 0 Å². The van der Waals surface area contributed by atoms with Crippen molar-refractivity contribution in [1.29, 1.82) is 0 Å². The van der Waals surface area contributed by atoms with E-state index in [1.807, 2.05) is 6.07 Å². The first kappa shape index (κ1) is 13.9. The molecule has 2 aromatic heterocycles. The maximum absolute atomic E-state index is 13.8. The molecule has 0 radical (unpaired) electrons. The normalized spacial score (nSPS) is 10.4. The third-order valence-electron chi connectivity index (χ3n) is 3.08. The Balaban J connectivity index is 1.80. The van der Waals surface area contributed by atoms with Crippen LogP contribution in [0.25, 0.3) is 11.3 Å². The highest BCUT2D eigenvalue weighted by molar-refractivity contribution is 5.97. The largest absolute Gasteiger partial charge is 0.443 e. The van der Waals surface area contributed by atoms with E-state index in [1.165, 1.54) is 12.1 Å². The number of nitrogens with zero attached hydrogens (tertiary/aromatic N) is 2. The number of pyridine rings is 1. The first-order valence-electron chi connectivity index (χ1n) is 6.61. The van der Waals surface area contributed by atoms with Crippen LogP contribution in [0.3, 0.4) is 0 Å². The van der Waals surface area contributed by atoms with Crippen LogP contribution >= 0.6 is 0 Å². The van der Waals surface area contributed by atoms with Crippen LogP contribution in [0.5, 0.6) is 0 Å². The average molecular weight is 297 g/mol. The Morgan fingerprint density at radius 2 is 2.09 bits per heavy atom. The number of benzene rings is 1. The molecule has 1 N–H and O–H groups in total. The van der Waals surface area contributed by atoms with Crippen LogP contribution in [0, 0.1) is 5.82 Å². The number of hydrogen-bond acceptors (Lipinski definition) is 4. The first-order chi connectivity index (χ1) is 10.8. The van der Waals surface area contributed by atoms with Crippen molar-refractivity contribution in [2.75, 3.05) is 0 Å². The van der Waals surface area contributed by atoms with Crippen LogP contribution in [0.1, 0.15) is 16.1 Å². The van der Waals surface area contributed by atoms with Gasteiger partial charge in [0.15, 0.2) is 17.8 Å². The molecule has 0 saturated carbocycles. The molecule has 6 heteroatoms. The van der Waals surface area contributed by atoms with Gasteiger partial charge in [-0.25, -0.2) is 9.37 Å². The number of oxazole rings is 1. The Morgan fingerprint density at radius 1 is 1.23 bits per heavy atom. The predicted molar refractivity (Wildman–Crippen MR) is 77.3 cm³/mol. The second-order valence-corrected chi connectivity index (χ2v) is 4.55. The molecule has 3 rings (SSSR count). The third kappa shape index (κ3) is 2.85. The fourth-order valence-corrected chi connectivity index (χ4v) is 2.01. The van der Waals surface area contributed by atoms with Crippen LogP contribution < -0.4 is 5.32 Å². The summed E-state index contributed by atoms with van der Waals surface area (Å²) in [6, 6.07) is 9.69. The number of nitrogens with one attached hydrogen (secondary N) is 1. The van der Waals surface area contributed by atoms with Gasteiger partial charge in [0.25, 0.3) is 5.91 Å². The zero-order valence-corrected chi connectivity index (χ0v) is 11.5. The number of amides is 1. The number of hydrogen-bond donors (Lipinski definition) is 1. The van der Waals surface area contributed by atoms with Gasteiger partial charge in [-0.05, 0) is 23.8 Å². The molecule has 0 fully saturated rings. The van der Waals surface area contributed by atoms with Gasteiger partial charge in [-0.3, -0.25) is 9.78 Å². The molecule has 1 aromatic carbocycles. The fourth-order valence-electron chi connectivity index (χ4n) is 2.01. The molecule has 110 valence electrons. The van der Waals surface area contributed by atoms with Crippen molar-refractivity contribution < 1.29 is 13.6 Å². The van der Waals surface area contributed by atoms with Gasteiger partial charge >= 0.3 is 0 Å². The van der Waals surface area contributed by atoms with Crippen molar-refractivity contribution in [1.82, 2.24) is 15.3 Å². The summed E-state index contributed by atoms with van der Waals surface area (Å²) in [5.41, 5.74) is 1.10. The minimum absolute atomic E-state index is 0.0500. The van der Waals surface area contributed by atoms with Gasteiger partial charge in [0.2, 0.25) is 0 Å². The molecule has 1 amide bonds. The van der Waals surface area contributed by atoms with Crippen LogP contribution in [-0.4, -0.2) is 15.9 Å². The highest BCUT2D eigenvalue weighted by Gasteiger charge is 2.20. The van der Waals surface area contributed by atoms with Crippen molar-refractivity contribution in [2.24, 2.45) is 0 Å². The average Bonchev–Trinajstić information content (AvgIpc) is 3.03. The Bertz CT molecular complexity index is 787. The van der Waals surface area contributed by atoms with E-state index in [2.05, 4.69) is 15.3 Å². The third-order valence-corrected chi connectivity index (χ3v) is 3.08. The van der Waals surface area contributed by atoms with Gasteiger partial charge in [-0.1, -0.05) is 18.2 Å². The number of rotatable bonds is 4. The molecule has 0 atom stereocenters. The lowest BCUT2D eigenvalue weighted by molar-refractivity contribution is 0.0946. The molecule has 3 aromatic rings. The molecule has 0 saturated heterocycles. The van der Waals surface area contributed by atoms with E-state index in [1.54, 1.807) is 30.6 Å². The molecule has 0 unspecified atom stereocenters. The molecule has 0 bridgehead atoms. The maximum Gasteiger partial charge on any atom is 0.274 e. The molecule has 0 aliphatic carbocycles. The van der Waals surface area contributed by atoms with Crippen molar-refractivity contribution in [3.05, 3.63) is 72.3 Å². The minimum Gasteiger partial charge on any atom is -0.443 e. The summed E-state index contributed by atoms with van der Waals surface area (Å²) in [6.07, 6.45) is 4.43. The lowest BCUT2D eigenvalue weighted by Gasteiger charge is -2.05. The highest BCUT2D eigenvalue weighted by atomic mass is 19.1. The molecular weight excluding hydrogens is 285 g/mol. The van der Waals surface area contributed by atoms with E-state index in [0.717, 1.165) is 12.0 Å². The summed E-state index contributed by atoms with van der Waals surface area (Å²) in [7, 11) is 0. The highest BCUT2D eigenvalue weighted by Crippen LogP contribution is 2.25. The summed E-state index contributed by atoms with van der Waals surface area (Å²) in [6.45, 7) is 0.302. The Morgan fingerprint density at radius 3 is 2.86 bits per heavy atom. The van der Waals surface area contributed by atoms with E-state index in [9.17, 15) is 9.18 Å². The van der Waals surface area contributed by atoms with Gasteiger partial charge in [0.1, 0.15) is 5.82 Å². The van der Waals surface area contributed by atoms with Crippen molar-refractivity contribution in [2.45, 2.75) is 6.54 Å². The van der Waals surface area contributed by atoms with E-state index in [-0.39, 0.29) is 17.0 Å². The topological polar surface area (TPSA) is 68.0 Å². The maximum atomic E-state index is 13.8. The van der Waals surface area contributed by atoms with Crippen LogP contribution in [0.2, 0.25) is 0 Å². The summed E-state index contributed by atoms with van der Waals surface area (Å²) < 4.78 is 19.0. The number of halogens is 1. The summed E-state index contributed by atoms with van der Waals surface area (Å²) in [4.78, 5) is 20.1. The Hall–Kier alpha value is -3.02. The molecule has 2 heterocycles. The van der Waals surface area contributed by atoms with Gasteiger partial charge in [-0.2, -0.15) is 0 Å². The van der Waals surface area contributed by atoms with Gasteiger partial charge in [0.05, 0.1) is 5.56 Å². The Kier molecular flexibility index (Phi) is 3.91. The standard InChI is InChI=1S/C16H12FN3O2/c17-13-6-2-1-5-12(13)15-14(20-10-22-15)16(21)19-9-11-4-3-7-18-8-11/h1-8,10H,9H2,(H,19,21). The van der Waals surface area contributed by atoms with Crippen molar-refractivity contribution in [3.8, 4) is 11.3 Å². The molecule has 0 aliphatic rings. The van der Waals surface area contributed by atoms with Crippen molar-refractivity contribution in [3.63, 3.8) is 0 Å². The van der Waals surface area contributed by atoms with E-state index in [4.69, 9.17) is 4.42 Å². The lowest BCUT2D eigenvalue weighted by Crippen LogP contribution is -2.23. The van der Waals surface area contributed by atoms with Crippen molar-refractivity contribution >= 4 is 5.91 Å². The number of carbonyl (C=O) groups is 1. The second-order valence-electron chi connectivity index (χ2n) is 4.55. The smallest absolute Gasteiger partial charge is 0.274 e. The van der Waals surface area contributed by atoms with E-state index >= 15 is 0 Å². The monoisotopic (exact) mass is 297 g/mol. The molecule has 0 spiro atoms. The van der Waals surface area contributed by atoms with Crippen LogP contribution in [-0.2, 0) is 6.54 Å². The first-order valence-corrected chi connectivity index (χ1v) is 6.61. The van der Waals surface area contributed by atoms with Gasteiger partial charge in [0, 0.05) is 18.9 Å². The number of aromatic nitrogens is 2. The minimum atomic E-state index is -0.472. The number of carbonyl (C=O) groups excluding carboxylic acids is 1. The predicted octanol–water partition coefficient (Wildman–Crippen LogP) is 2.81. The van der Waals surface area contributed by atoms with E-state index in [0.29, 0.717) is 6.54 Å². The lowest BCUT2D eigenvalue weighted by atomic mass is 10.1. The summed E-state index contributed by atoms with van der Waals surface area (Å²) >= 11 is 0. The Labute approximate surface area is 125 Å². The summed E-state index contributed by atoms with van der Waals surface area (Å²) in [5, 5.41) is 2.71. The quantitative estimate of drug-likeness (QED) is 0.804. The summed E-state index contributed by atoms with van der Waals surface area (Å²) in [5.74, 6) is -0.793. The second kappa shape index (κ2) is 6.17. The molecule has 22 heavy (non-hydrogen) atoms. The fraction of sp³-hybridized carbons (Fsp3) is 0.0625. The zero-order valence-electron chi connectivity index (χ0n) is 11.5. The molecular formula is C16H12FN3O2. The van der Waals surface area contributed by atoms with E-state index < -0.39 is 11.7 Å². The van der Waals surface area contributed by atoms with Crippen LogP contribution in [0.4, 0.5) is 4.39 Å². The van der Waals surface area contributed by atoms with Crippen LogP contribution in [0.15, 0.2) is 59.6 Å². The molecule has 5 nitrogen and oxygen atoms in total. The molecule has 0 aliphatic heterocycles. The van der Waals surface area contributed by atoms with Gasteiger partial charge < -0.3 is 9.73 Å². The zero-order chi connectivity index (χ0) is 15.4. The SMILES string of the molecule is O=C(NCc1cccnc1)c1ncoc1-c1ccccc1F.